The molecule has 1 unspecified atom stereocenters. The molecule has 1 fully saturated rings. The number of fused-ring (bicyclic) bond motifs is 1. The molecule has 5 nitrogen and oxygen atoms in total. The fraction of sp³-hybridized carbons (Fsp3) is 0.571. The minimum atomic E-state index is 0.240. The van der Waals surface area contributed by atoms with Crippen LogP contribution in [0.5, 0.6) is 17.2 Å². The molecule has 0 radical (unpaired) electrons. The minimum absolute atomic E-state index is 0.240. The summed E-state index contributed by atoms with van der Waals surface area (Å²) in [6, 6.07) is 4.09. The molecule has 0 saturated carbocycles. The van der Waals surface area contributed by atoms with Crippen LogP contribution in [0.3, 0.4) is 0 Å². The first kappa shape index (κ1) is 12.6. The summed E-state index contributed by atoms with van der Waals surface area (Å²) in [5.74, 6) is 1.65. The maximum Gasteiger partial charge on any atom is 0.231 e. The lowest BCUT2D eigenvalue weighted by Gasteiger charge is -2.37. The summed E-state index contributed by atoms with van der Waals surface area (Å²) >= 11 is 0. The van der Waals surface area contributed by atoms with Crippen molar-refractivity contribution in [1.82, 2.24) is 9.80 Å². The summed E-state index contributed by atoms with van der Waals surface area (Å²) in [6.07, 6.45) is 0. The second-order valence-electron chi connectivity index (χ2n) is 5.40. The predicted octanol–water partition coefficient (Wildman–Crippen LogP) is 1.26. The minimum Gasteiger partial charge on any atom is -0.507 e. The Morgan fingerprint density at radius 1 is 1.26 bits per heavy atom. The van der Waals surface area contributed by atoms with Crippen LogP contribution < -0.4 is 9.47 Å². The number of ether oxygens (including phenoxy) is 2. The van der Waals surface area contributed by atoms with Gasteiger partial charge in [-0.25, -0.2) is 0 Å². The zero-order valence-electron chi connectivity index (χ0n) is 11.4. The van der Waals surface area contributed by atoms with Gasteiger partial charge in [-0.15, -0.1) is 0 Å². The summed E-state index contributed by atoms with van der Waals surface area (Å²) < 4.78 is 10.6. The maximum absolute atomic E-state index is 10.1. The number of hydrogen-bond acceptors (Lipinski definition) is 5. The van der Waals surface area contributed by atoms with Gasteiger partial charge in [0.15, 0.2) is 11.5 Å². The first-order chi connectivity index (χ1) is 9.13. The molecule has 104 valence electrons. The molecule has 0 amide bonds. The molecule has 0 spiro atoms. The van der Waals surface area contributed by atoms with Crippen LogP contribution in [-0.4, -0.2) is 54.4 Å². The van der Waals surface area contributed by atoms with Crippen molar-refractivity contribution in [2.24, 2.45) is 0 Å². The second kappa shape index (κ2) is 4.90. The van der Waals surface area contributed by atoms with Crippen molar-refractivity contribution < 1.29 is 14.6 Å². The Morgan fingerprint density at radius 2 is 2.00 bits per heavy atom. The average molecular weight is 264 g/mol. The number of likely N-dealkylation sites (N-methyl/N-ethyl adjacent to an activating group) is 1. The molecule has 0 aromatic heterocycles. The molecule has 0 bridgehead atoms. The second-order valence-corrected chi connectivity index (χ2v) is 5.40. The number of hydrogen-bond donors (Lipinski definition) is 1. The maximum atomic E-state index is 10.1. The van der Waals surface area contributed by atoms with E-state index in [9.17, 15) is 5.11 Å². The van der Waals surface area contributed by atoms with Crippen molar-refractivity contribution in [1.29, 1.82) is 0 Å². The number of nitrogens with zero attached hydrogens (tertiary/aromatic N) is 2. The van der Waals surface area contributed by atoms with Gasteiger partial charge in [0, 0.05) is 43.9 Å². The highest BCUT2D eigenvalue weighted by molar-refractivity contribution is 5.51. The Kier molecular flexibility index (Phi) is 3.24. The summed E-state index contributed by atoms with van der Waals surface area (Å²) in [4.78, 5) is 4.72. The summed E-state index contributed by atoms with van der Waals surface area (Å²) in [6.45, 7) is 6.32. The largest absolute Gasteiger partial charge is 0.507 e. The molecular weight excluding hydrogens is 244 g/mol. The van der Waals surface area contributed by atoms with E-state index < -0.39 is 0 Å². The van der Waals surface area contributed by atoms with Crippen LogP contribution in [0.15, 0.2) is 12.1 Å². The Balaban J connectivity index is 1.73. The average Bonchev–Trinajstić information content (AvgIpc) is 2.81. The zero-order valence-corrected chi connectivity index (χ0v) is 11.4. The van der Waals surface area contributed by atoms with Gasteiger partial charge >= 0.3 is 0 Å². The highest BCUT2D eigenvalue weighted by Gasteiger charge is 2.23. The number of phenols is 1. The molecule has 2 aliphatic rings. The molecule has 1 atom stereocenters. The molecule has 5 heteroatoms. The van der Waals surface area contributed by atoms with Gasteiger partial charge in [0.25, 0.3) is 0 Å². The van der Waals surface area contributed by atoms with Gasteiger partial charge < -0.3 is 19.5 Å². The monoisotopic (exact) mass is 264 g/mol. The first-order valence-corrected chi connectivity index (χ1v) is 6.67. The van der Waals surface area contributed by atoms with Gasteiger partial charge in [-0.1, -0.05) is 0 Å². The number of rotatable bonds is 2. The zero-order chi connectivity index (χ0) is 13.4. The van der Waals surface area contributed by atoms with E-state index in [0.29, 0.717) is 11.8 Å². The van der Waals surface area contributed by atoms with Crippen molar-refractivity contribution in [2.75, 3.05) is 33.5 Å². The molecule has 3 rings (SSSR count). The summed E-state index contributed by atoms with van der Waals surface area (Å²) in [5.41, 5.74) is 0.904. The fourth-order valence-corrected chi connectivity index (χ4v) is 2.61. The smallest absolute Gasteiger partial charge is 0.231 e. The molecule has 1 aromatic carbocycles. The molecule has 1 aromatic rings. The molecule has 2 aliphatic heterocycles. The molecule has 2 heterocycles. The number of aromatic hydroxyl groups is 1. The number of phenolic OH excluding ortho intramolecular Hbond substituents is 1. The van der Waals surface area contributed by atoms with E-state index in [4.69, 9.17) is 9.47 Å². The Hall–Kier alpha value is -1.46. The van der Waals surface area contributed by atoms with Crippen molar-refractivity contribution in [3.05, 3.63) is 17.7 Å². The Labute approximate surface area is 113 Å². The third-order valence-electron chi connectivity index (χ3n) is 4.01. The molecule has 0 aliphatic carbocycles. The van der Waals surface area contributed by atoms with Crippen LogP contribution in [0.4, 0.5) is 0 Å². The molecule has 1 saturated heterocycles. The van der Waals surface area contributed by atoms with E-state index in [0.717, 1.165) is 37.5 Å². The van der Waals surface area contributed by atoms with Gasteiger partial charge in [0.2, 0.25) is 6.79 Å². The van der Waals surface area contributed by atoms with Crippen LogP contribution in [0.1, 0.15) is 12.5 Å². The van der Waals surface area contributed by atoms with E-state index in [2.05, 4.69) is 23.8 Å². The van der Waals surface area contributed by atoms with Crippen LogP contribution in [-0.2, 0) is 6.54 Å². The normalized spacial score (nSPS) is 23.8. The van der Waals surface area contributed by atoms with Crippen molar-refractivity contribution in [2.45, 2.75) is 19.5 Å². The van der Waals surface area contributed by atoms with Crippen molar-refractivity contribution in [3.8, 4) is 17.2 Å². The van der Waals surface area contributed by atoms with Gasteiger partial charge in [0.05, 0.1) is 0 Å². The Morgan fingerprint density at radius 3 is 2.74 bits per heavy atom. The fourth-order valence-electron chi connectivity index (χ4n) is 2.61. The molecular formula is C14H20N2O3. The molecule has 19 heavy (non-hydrogen) atoms. The van der Waals surface area contributed by atoms with Gasteiger partial charge in [-0.3, -0.25) is 4.90 Å². The third-order valence-corrected chi connectivity index (χ3v) is 4.01. The van der Waals surface area contributed by atoms with Crippen LogP contribution in [0.2, 0.25) is 0 Å². The quantitative estimate of drug-likeness (QED) is 0.871. The van der Waals surface area contributed by atoms with E-state index in [1.54, 1.807) is 6.07 Å². The van der Waals surface area contributed by atoms with Crippen LogP contribution in [0, 0.1) is 0 Å². The Bertz CT molecular complexity index is 478. The molecule has 1 N–H and O–H groups in total. The van der Waals surface area contributed by atoms with E-state index in [-0.39, 0.29) is 12.5 Å². The third kappa shape index (κ3) is 2.48. The summed E-state index contributed by atoms with van der Waals surface area (Å²) in [5, 5.41) is 10.1. The summed E-state index contributed by atoms with van der Waals surface area (Å²) in [7, 11) is 2.15. The highest BCUT2D eigenvalue weighted by atomic mass is 16.7. The van der Waals surface area contributed by atoms with Gasteiger partial charge in [-0.05, 0) is 20.0 Å². The van der Waals surface area contributed by atoms with E-state index in [1.807, 2.05) is 6.07 Å². The van der Waals surface area contributed by atoms with E-state index in [1.165, 1.54) is 0 Å². The topological polar surface area (TPSA) is 45.2 Å². The highest BCUT2D eigenvalue weighted by Crippen LogP contribution is 2.38. The predicted molar refractivity (Wildman–Crippen MR) is 71.6 cm³/mol. The standard InChI is InChI=1S/C14H20N2O3/c1-10-7-16(4-3-15(10)2)8-11-5-13-14(6-12(11)17)19-9-18-13/h5-6,10,17H,3-4,7-9H2,1-2H3. The van der Waals surface area contributed by atoms with Crippen LogP contribution >= 0.6 is 0 Å². The van der Waals surface area contributed by atoms with Crippen LogP contribution in [0.25, 0.3) is 0 Å². The number of piperazine rings is 1. The van der Waals surface area contributed by atoms with E-state index >= 15 is 0 Å². The lowest BCUT2D eigenvalue weighted by Crippen LogP contribution is -2.49. The lowest BCUT2D eigenvalue weighted by molar-refractivity contribution is 0.0993. The SMILES string of the molecule is CC1CN(Cc2cc3c(cc2O)OCO3)CCN1C. The van der Waals surface area contributed by atoms with Crippen molar-refractivity contribution >= 4 is 0 Å². The number of benzene rings is 1. The van der Waals surface area contributed by atoms with Gasteiger partial charge in [0.1, 0.15) is 5.75 Å². The lowest BCUT2D eigenvalue weighted by atomic mass is 10.1. The first-order valence-electron chi connectivity index (χ1n) is 6.67. The van der Waals surface area contributed by atoms with Gasteiger partial charge in [-0.2, -0.15) is 0 Å². The van der Waals surface area contributed by atoms with Crippen molar-refractivity contribution in [3.63, 3.8) is 0 Å².